The van der Waals surface area contributed by atoms with Crippen LogP contribution in [0.25, 0.3) is 31.9 Å². The van der Waals surface area contributed by atoms with Crippen molar-refractivity contribution in [1.29, 1.82) is 0 Å². The first kappa shape index (κ1) is 21.8. The summed E-state index contributed by atoms with van der Waals surface area (Å²) in [6.07, 6.45) is 1.42. The van der Waals surface area contributed by atoms with Gasteiger partial charge in [-0.1, -0.05) is 24.3 Å². The molecular weight excluding hydrogens is 420 g/mol. The van der Waals surface area contributed by atoms with Crippen molar-refractivity contribution in [2.24, 2.45) is 0 Å². The minimum absolute atomic E-state index is 0.467. The number of carbonyl (C=O) groups is 1. The number of anilines is 2. The van der Waals surface area contributed by atoms with Crippen molar-refractivity contribution in [2.75, 3.05) is 24.3 Å². The minimum Gasteiger partial charge on any atom is -0.444 e. The highest BCUT2D eigenvalue weighted by molar-refractivity contribution is 7.21. The highest BCUT2D eigenvalue weighted by Gasteiger charge is 2.16. The number of rotatable bonds is 4. The maximum absolute atomic E-state index is 12.0. The fourth-order valence-corrected chi connectivity index (χ4v) is 4.18. The second-order valence-electron chi connectivity index (χ2n) is 8.71. The van der Waals surface area contributed by atoms with Gasteiger partial charge in [0, 0.05) is 37.1 Å². The summed E-state index contributed by atoms with van der Waals surface area (Å²) in [6, 6.07) is 18.1. The molecule has 4 aromatic rings. The van der Waals surface area contributed by atoms with Gasteiger partial charge in [0.05, 0.1) is 10.2 Å². The summed E-state index contributed by atoms with van der Waals surface area (Å²) in [7, 11) is 3.96. The van der Waals surface area contributed by atoms with E-state index in [0.29, 0.717) is 5.69 Å². The van der Waals surface area contributed by atoms with Crippen molar-refractivity contribution < 1.29 is 9.53 Å². The molecule has 0 radical (unpaired) electrons. The van der Waals surface area contributed by atoms with E-state index in [1.165, 1.54) is 0 Å². The molecule has 2 heterocycles. The molecular formula is C25H26N4O2S. The number of hydrogen-bond donors (Lipinski definition) is 1. The molecule has 164 valence electrons. The van der Waals surface area contributed by atoms with Gasteiger partial charge in [-0.15, -0.1) is 11.3 Å². The summed E-state index contributed by atoms with van der Waals surface area (Å²) in [5.41, 5.74) is 4.27. The fraction of sp³-hybridized carbons (Fsp3) is 0.240. The van der Waals surface area contributed by atoms with Gasteiger partial charge in [0.2, 0.25) is 0 Å². The summed E-state index contributed by atoms with van der Waals surface area (Å²) in [4.78, 5) is 23.3. The molecule has 4 rings (SSSR count). The molecule has 32 heavy (non-hydrogen) atoms. The predicted octanol–water partition coefficient (Wildman–Crippen LogP) is 6.44. The Morgan fingerprint density at radius 3 is 2.28 bits per heavy atom. The van der Waals surface area contributed by atoms with E-state index in [9.17, 15) is 4.79 Å². The van der Waals surface area contributed by atoms with Crippen LogP contribution in [0.1, 0.15) is 20.8 Å². The average Bonchev–Trinajstić information content (AvgIpc) is 3.16. The van der Waals surface area contributed by atoms with E-state index in [1.807, 2.05) is 70.2 Å². The van der Waals surface area contributed by atoms with Gasteiger partial charge in [-0.05, 0) is 56.7 Å². The number of nitrogens with zero attached hydrogens (tertiary/aromatic N) is 3. The van der Waals surface area contributed by atoms with Crippen LogP contribution in [-0.4, -0.2) is 35.8 Å². The highest BCUT2D eigenvalue weighted by atomic mass is 32.1. The number of aromatic nitrogens is 2. The van der Waals surface area contributed by atoms with Gasteiger partial charge < -0.3 is 9.64 Å². The molecule has 7 heteroatoms. The van der Waals surface area contributed by atoms with Gasteiger partial charge >= 0.3 is 6.09 Å². The lowest BCUT2D eigenvalue weighted by atomic mass is 10.1. The Balaban J connectivity index is 1.52. The Kier molecular flexibility index (Phi) is 5.84. The molecule has 0 aliphatic carbocycles. The zero-order valence-electron chi connectivity index (χ0n) is 18.8. The van der Waals surface area contributed by atoms with Crippen molar-refractivity contribution in [3.63, 3.8) is 0 Å². The first-order chi connectivity index (χ1) is 15.2. The van der Waals surface area contributed by atoms with E-state index >= 15 is 0 Å². The molecule has 6 nitrogen and oxygen atoms in total. The Morgan fingerprint density at radius 2 is 1.66 bits per heavy atom. The second kappa shape index (κ2) is 8.59. The molecule has 0 saturated carbocycles. The summed E-state index contributed by atoms with van der Waals surface area (Å²) in [5.74, 6) is 0.931. The van der Waals surface area contributed by atoms with E-state index in [1.54, 1.807) is 11.3 Å². The number of benzene rings is 2. The third kappa shape index (κ3) is 5.06. The number of carbonyl (C=O) groups excluding carboxylic acids is 1. The molecule has 0 unspecified atom stereocenters. The van der Waals surface area contributed by atoms with Crippen LogP contribution in [0.5, 0.6) is 0 Å². The fourth-order valence-electron chi connectivity index (χ4n) is 3.17. The Labute approximate surface area is 191 Å². The number of hydrogen-bond acceptors (Lipinski definition) is 6. The summed E-state index contributed by atoms with van der Waals surface area (Å²) in [5, 5.41) is 3.72. The van der Waals surface area contributed by atoms with Crippen LogP contribution >= 0.6 is 11.3 Å². The topological polar surface area (TPSA) is 67.4 Å². The van der Waals surface area contributed by atoms with Crippen LogP contribution in [0.2, 0.25) is 0 Å². The number of amides is 1. The molecule has 0 fully saturated rings. The SMILES string of the molecule is CN(C)c1ccc(-c2ccc(-c3nc4ccc(NC(=O)OC(C)(C)C)cc4s3)cc2)cn1. The lowest BCUT2D eigenvalue weighted by molar-refractivity contribution is 0.0636. The van der Waals surface area contributed by atoms with Crippen LogP contribution in [0.15, 0.2) is 60.8 Å². The van der Waals surface area contributed by atoms with E-state index in [2.05, 4.69) is 40.6 Å². The van der Waals surface area contributed by atoms with E-state index < -0.39 is 11.7 Å². The Morgan fingerprint density at radius 1 is 0.969 bits per heavy atom. The molecule has 2 aromatic heterocycles. The standard InChI is InChI=1S/C25H26N4O2S/c1-25(2,3)31-24(30)27-19-11-12-20-21(14-19)32-23(28-20)17-8-6-16(7-9-17)18-10-13-22(26-15-18)29(4)5/h6-15H,1-5H3,(H,27,30). The number of ether oxygens (including phenoxy) is 1. The zero-order chi connectivity index (χ0) is 22.9. The molecule has 1 amide bonds. The molecule has 0 bridgehead atoms. The summed E-state index contributed by atoms with van der Waals surface area (Å²) >= 11 is 1.59. The van der Waals surface area contributed by atoms with Crippen LogP contribution in [0, 0.1) is 0 Å². The number of thiazole rings is 1. The normalized spacial score (nSPS) is 11.4. The molecule has 1 N–H and O–H groups in total. The molecule has 0 aliphatic heterocycles. The van der Waals surface area contributed by atoms with Gasteiger partial charge in [-0.3, -0.25) is 5.32 Å². The van der Waals surface area contributed by atoms with Crippen molar-refractivity contribution >= 4 is 39.2 Å². The second-order valence-corrected chi connectivity index (χ2v) is 9.74. The maximum Gasteiger partial charge on any atom is 0.412 e. The van der Waals surface area contributed by atoms with E-state index in [-0.39, 0.29) is 0 Å². The van der Waals surface area contributed by atoms with Gasteiger partial charge in [0.25, 0.3) is 0 Å². The smallest absolute Gasteiger partial charge is 0.412 e. The van der Waals surface area contributed by atoms with Crippen molar-refractivity contribution in [1.82, 2.24) is 9.97 Å². The third-order valence-electron chi connectivity index (χ3n) is 4.70. The quantitative estimate of drug-likeness (QED) is 0.391. The predicted molar refractivity (Wildman–Crippen MR) is 132 cm³/mol. The average molecular weight is 447 g/mol. The largest absolute Gasteiger partial charge is 0.444 e. The molecule has 0 saturated heterocycles. The van der Waals surface area contributed by atoms with Gasteiger partial charge in [0.1, 0.15) is 16.4 Å². The Hall–Kier alpha value is -3.45. The Bertz CT molecular complexity index is 1240. The number of nitrogens with one attached hydrogen (secondary N) is 1. The number of fused-ring (bicyclic) bond motifs is 1. The van der Waals surface area contributed by atoms with Crippen molar-refractivity contribution in [3.05, 3.63) is 60.8 Å². The van der Waals surface area contributed by atoms with Crippen LogP contribution in [0.3, 0.4) is 0 Å². The molecule has 0 spiro atoms. The van der Waals surface area contributed by atoms with E-state index in [4.69, 9.17) is 9.72 Å². The van der Waals surface area contributed by atoms with Crippen LogP contribution in [0.4, 0.5) is 16.3 Å². The van der Waals surface area contributed by atoms with Crippen molar-refractivity contribution in [2.45, 2.75) is 26.4 Å². The first-order valence-electron chi connectivity index (χ1n) is 10.3. The molecule has 0 atom stereocenters. The van der Waals surface area contributed by atoms with Crippen LogP contribution < -0.4 is 10.2 Å². The number of pyridine rings is 1. The van der Waals surface area contributed by atoms with Gasteiger partial charge in [0.15, 0.2) is 0 Å². The maximum atomic E-state index is 12.0. The molecule has 2 aromatic carbocycles. The first-order valence-corrected chi connectivity index (χ1v) is 11.1. The van der Waals surface area contributed by atoms with E-state index in [0.717, 1.165) is 37.7 Å². The lowest BCUT2D eigenvalue weighted by Crippen LogP contribution is -2.27. The third-order valence-corrected chi connectivity index (χ3v) is 5.77. The van der Waals surface area contributed by atoms with Crippen LogP contribution in [-0.2, 0) is 4.74 Å². The molecule has 0 aliphatic rings. The summed E-state index contributed by atoms with van der Waals surface area (Å²) < 4.78 is 6.33. The summed E-state index contributed by atoms with van der Waals surface area (Å²) in [6.45, 7) is 5.52. The van der Waals surface area contributed by atoms with Gasteiger partial charge in [-0.25, -0.2) is 14.8 Å². The zero-order valence-corrected chi connectivity index (χ0v) is 19.7. The monoisotopic (exact) mass is 446 g/mol. The minimum atomic E-state index is -0.539. The lowest BCUT2D eigenvalue weighted by Gasteiger charge is -2.19. The highest BCUT2D eigenvalue weighted by Crippen LogP contribution is 2.33. The van der Waals surface area contributed by atoms with Gasteiger partial charge in [-0.2, -0.15) is 0 Å². The van der Waals surface area contributed by atoms with Crippen molar-refractivity contribution in [3.8, 4) is 21.7 Å².